The molecule has 80 valence electrons. The molecule has 5 heteroatoms. The van der Waals surface area contributed by atoms with Crippen LogP contribution < -0.4 is 0 Å². The molecule has 0 amide bonds. The molecule has 4 nitrogen and oxygen atoms in total. The van der Waals surface area contributed by atoms with Crippen molar-refractivity contribution < 1.29 is 5.11 Å². The Bertz CT molecular complexity index is 458. The normalized spacial score (nSPS) is 20.1. The number of aliphatic hydroxyl groups excluding tert-OH is 1. The van der Waals surface area contributed by atoms with Gasteiger partial charge in [-0.3, -0.25) is 9.30 Å². The van der Waals surface area contributed by atoms with Crippen molar-refractivity contribution in [1.82, 2.24) is 14.3 Å². The smallest absolute Gasteiger partial charge is 0.149 e. The molecule has 15 heavy (non-hydrogen) atoms. The van der Waals surface area contributed by atoms with Crippen LogP contribution in [0.2, 0.25) is 0 Å². The molecule has 3 heterocycles. The number of rotatable bonds is 2. The Labute approximate surface area is 91.8 Å². The van der Waals surface area contributed by atoms with Gasteiger partial charge in [0.2, 0.25) is 0 Å². The fraction of sp³-hybridized carbons (Fsp3) is 0.500. The van der Waals surface area contributed by atoms with E-state index in [0.29, 0.717) is 0 Å². The summed E-state index contributed by atoms with van der Waals surface area (Å²) < 4.78 is 1.97. The van der Waals surface area contributed by atoms with Crippen LogP contribution in [-0.2, 0) is 0 Å². The lowest BCUT2D eigenvalue weighted by atomic mass is 10.4. The summed E-state index contributed by atoms with van der Waals surface area (Å²) in [6.45, 7) is 1.99. The Morgan fingerprint density at radius 1 is 1.40 bits per heavy atom. The van der Waals surface area contributed by atoms with Gasteiger partial charge in [0.05, 0.1) is 11.9 Å². The molecule has 1 fully saturated rings. The van der Waals surface area contributed by atoms with Crippen LogP contribution in [0.3, 0.4) is 0 Å². The van der Waals surface area contributed by atoms with Crippen LogP contribution in [0.15, 0.2) is 17.9 Å². The van der Waals surface area contributed by atoms with Gasteiger partial charge in [0.25, 0.3) is 0 Å². The molecule has 0 spiro atoms. The van der Waals surface area contributed by atoms with Crippen molar-refractivity contribution in [1.29, 1.82) is 0 Å². The van der Waals surface area contributed by atoms with Crippen LogP contribution in [-0.4, -0.2) is 32.5 Å². The fourth-order valence-electron chi connectivity index (χ4n) is 2.10. The monoisotopic (exact) mass is 223 g/mol. The maximum Gasteiger partial charge on any atom is 0.149 e. The SMILES string of the molecule is OC(c1csc2cncn12)N1CCCC1. The van der Waals surface area contributed by atoms with Crippen LogP contribution in [0, 0.1) is 0 Å². The van der Waals surface area contributed by atoms with E-state index in [1.165, 1.54) is 12.8 Å². The third kappa shape index (κ3) is 1.47. The highest BCUT2D eigenvalue weighted by molar-refractivity contribution is 7.15. The Morgan fingerprint density at radius 2 is 2.20 bits per heavy atom. The number of aromatic nitrogens is 2. The van der Waals surface area contributed by atoms with Crippen molar-refractivity contribution >= 4 is 16.2 Å². The van der Waals surface area contributed by atoms with Gasteiger partial charge in [0.1, 0.15) is 17.4 Å². The quantitative estimate of drug-likeness (QED) is 0.838. The van der Waals surface area contributed by atoms with Crippen molar-refractivity contribution in [3.63, 3.8) is 0 Å². The molecule has 0 aromatic carbocycles. The van der Waals surface area contributed by atoms with E-state index in [2.05, 4.69) is 9.88 Å². The highest BCUT2D eigenvalue weighted by Gasteiger charge is 2.23. The zero-order valence-electron chi connectivity index (χ0n) is 8.33. The highest BCUT2D eigenvalue weighted by Crippen LogP contribution is 2.26. The highest BCUT2D eigenvalue weighted by atomic mass is 32.1. The van der Waals surface area contributed by atoms with Crippen LogP contribution in [0.25, 0.3) is 4.83 Å². The van der Waals surface area contributed by atoms with Crippen LogP contribution >= 0.6 is 11.3 Å². The molecule has 1 aliphatic rings. The minimum absolute atomic E-state index is 0.476. The molecule has 0 aliphatic carbocycles. The second-order valence-corrected chi connectivity index (χ2v) is 4.77. The summed E-state index contributed by atoms with van der Waals surface area (Å²) in [7, 11) is 0. The predicted molar refractivity (Wildman–Crippen MR) is 58.8 cm³/mol. The molecule has 0 saturated carbocycles. The third-order valence-electron chi connectivity index (χ3n) is 2.93. The van der Waals surface area contributed by atoms with E-state index < -0.39 is 6.23 Å². The topological polar surface area (TPSA) is 40.8 Å². The van der Waals surface area contributed by atoms with Gasteiger partial charge in [-0.1, -0.05) is 0 Å². The van der Waals surface area contributed by atoms with Gasteiger partial charge in [-0.2, -0.15) is 0 Å². The van der Waals surface area contributed by atoms with Gasteiger partial charge in [0.15, 0.2) is 0 Å². The molecule has 1 N–H and O–H groups in total. The first kappa shape index (κ1) is 9.33. The second-order valence-electron chi connectivity index (χ2n) is 3.88. The Balaban J connectivity index is 1.95. The summed E-state index contributed by atoms with van der Waals surface area (Å²) in [6.07, 6.45) is 5.49. The van der Waals surface area contributed by atoms with Crippen molar-refractivity contribution in [2.24, 2.45) is 0 Å². The predicted octanol–water partition coefficient (Wildman–Crippen LogP) is 1.48. The molecule has 1 aliphatic heterocycles. The van der Waals surface area contributed by atoms with Gasteiger partial charge in [0, 0.05) is 18.5 Å². The van der Waals surface area contributed by atoms with Crippen LogP contribution in [0.1, 0.15) is 24.8 Å². The first-order valence-corrected chi connectivity index (χ1v) is 6.06. The summed E-state index contributed by atoms with van der Waals surface area (Å²) >= 11 is 1.62. The summed E-state index contributed by atoms with van der Waals surface area (Å²) in [5.41, 5.74) is 0.939. The average molecular weight is 223 g/mol. The van der Waals surface area contributed by atoms with Crippen molar-refractivity contribution in [3.05, 3.63) is 23.6 Å². The molecule has 1 atom stereocenters. The first-order valence-electron chi connectivity index (χ1n) is 5.18. The maximum absolute atomic E-state index is 10.2. The molecule has 2 aromatic heterocycles. The van der Waals surface area contributed by atoms with E-state index in [1.807, 2.05) is 16.0 Å². The average Bonchev–Trinajstić information content (AvgIpc) is 2.94. The number of nitrogens with zero attached hydrogens (tertiary/aromatic N) is 3. The first-order chi connectivity index (χ1) is 7.36. The van der Waals surface area contributed by atoms with Crippen LogP contribution in [0.4, 0.5) is 0 Å². The molecule has 2 aromatic rings. The van der Waals surface area contributed by atoms with Gasteiger partial charge in [-0.15, -0.1) is 11.3 Å². The number of likely N-dealkylation sites (tertiary alicyclic amines) is 1. The van der Waals surface area contributed by atoms with Crippen molar-refractivity contribution in [2.45, 2.75) is 19.1 Å². The van der Waals surface area contributed by atoms with E-state index in [1.54, 1.807) is 17.7 Å². The fourth-order valence-corrected chi connectivity index (χ4v) is 2.96. The number of hydrogen-bond acceptors (Lipinski definition) is 4. The second kappa shape index (κ2) is 3.59. The lowest BCUT2D eigenvalue weighted by molar-refractivity contribution is 0.0151. The molecule has 1 saturated heterocycles. The number of thiazole rings is 1. The van der Waals surface area contributed by atoms with Gasteiger partial charge >= 0.3 is 0 Å². The van der Waals surface area contributed by atoms with Crippen molar-refractivity contribution in [3.8, 4) is 0 Å². The lowest BCUT2D eigenvalue weighted by Gasteiger charge is -2.21. The molecule has 1 unspecified atom stereocenters. The van der Waals surface area contributed by atoms with Gasteiger partial charge < -0.3 is 5.11 Å². The van der Waals surface area contributed by atoms with E-state index >= 15 is 0 Å². The molecule has 0 bridgehead atoms. The summed E-state index contributed by atoms with van der Waals surface area (Å²) in [5, 5.41) is 12.2. The Kier molecular flexibility index (Phi) is 2.23. The van der Waals surface area contributed by atoms with E-state index in [-0.39, 0.29) is 0 Å². The number of aliphatic hydroxyl groups is 1. The number of hydrogen-bond donors (Lipinski definition) is 1. The van der Waals surface area contributed by atoms with Crippen LogP contribution in [0.5, 0.6) is 0 Å². The molecular formula is C10H13N3OS. The largest absolute Gasteiger partial charge is 0.372 e. The maximum atomic E-state index is 10.2. The summed E-state index contributed by atoms with van der Waals surface area (Å²) in [4.78, 5) is 7.27. The molecular weight excluding hydrogens is 210 g/mol. The zero-order chi connectivity index (χ0) is 10.3. The standard InChI is InChI=1S/C10H13N3OS/c14-10(12-3-1-2-4-12)8-6-15-9-5-11-7-13(8)9/h5-7,10,14H,1-4H2. The Morgan fingerprint density at radius 3 is 3.00 bits per heavy atom. The number of imidazole rings is 1. The minimum atomic E-state index is -0.476. The van der Waals surface area contributed by atoms with Crippen molar-refractivity contribution in [2.75, 3.05) is 13.1 Å². The molecule has 3 rings (SSSR count). The van der Waals surface area contributed by atoms with E-state index in [0.717, 1.165) is 23.6 Å². The summed E-state index contributed by atoms with van der Waals surface area (Å²) in [6, 6.07) is 0. The Hall–Kier alpha value is -0.910. The minimum Gasteiger partial charge on any atom is -0.372 e. The zero-order valence-corrected chi connectivity index (χ0v) is 9.15. The van der Waals surface area contributed by atoms with E-state index in [4.69, 9.17) is 0 Å². The lowest BCUT2D eigenvalue weighted by Crippen LogP contribution is -2.26. The third-order valence-corrected chi connectivity index (χ3v) is 3.84. The number of fused-ring (bicyclic) bond motifs is 1. The van der Waals surface area contributed by atoms with Gasteiger partial charge in [-0.25, -0.2) is 4.98 Å². The molecule has 0 radical (unpaired) electrons. The summed E-state index contributed by atoms with van der Waals surface area (Å²) in [5.74, 6) is 0. The van der Waals surface area contributed by atoms with Gasteiger partial charge in [-0.05, 0) is 12.8 Å². The van der Waals surface area contributed by atoms with E-state index in [9.17, 15) is 5.11 Å².